The molecule has 32 heavy (non-hydrogen) atoms. The lowest BCUT2D eigenvalue weighted by atomic mass is 9.93. The number of anilines is 2. The summed E-state index contributed by atoms with van der Waals surface area (Å²) in [6.45, 7) is -0.231. The highest BCUT2D eigenvalue weighted by atomic mass is 35.5. The number of pyridine rings is 1. The normalized spacial score (nSPS) is 25.3. The molecule has 4 atom stereocenters. The Bertz CT molecular complexity index is 1120. The van der Waals surface area contributed by atoms with Gasteiger partial charge in [-0.15, -0.1) is 23.7 Å². The minimum Gasteiger partial charge on any atom is -0.396 e. The Labute approximate surface area is 193 Å². The number of aliphatic hydroxyl groups excluding tert-OH is 3. The van der Waals surface area contributed by atoms with Crippen molar-refractivity contribution in [3.8, 4) is 10.6 Å². The number of nitrogens with zero attached hydrogens (tertiary/aromatic N) is 3. The summed E-state index contributed by atoms with van der Waals surface area (Å²) in [6.07, 6.45) is 4.70. The van der Waals surface area contributed by atoms with Crippen LogP contribution in [0.5, 0.6) is 0 Å². The predicted octanol–water partition coefficient (Wildman–Crippen LogP) is 1.34. The summed E-state index contributed by atoms with van der Waals surface area (Å²) in [7, 11) is 0. The van der Waals surface area contributed by atoms with Crippen molar-refractivity contribution in [2.75, 3.05) is 17.2 Å². The van der Waals surface area contributed by atoms with Gasteiger partial charge in [0.2, 0.25) is 5.95 Å². The second-order valence-electron chi connectivity index (χ2n) is 8.18. The molecule has 0 saturated heterocycles. The molecule has 3 aromatic rings. The van der Waals surface area contributed by atoms with Crippen molar-refractivity contribution < 1.29 is 15.3 Å². The van der Waals surface area contributed by atoms with Crippen molar-refractivity contribution in [2.24, 2.45) is 5.92 Å². The minimum atomic E-state index is -1.09. The molecule has 2 aliphatic rings. The maximum atomic E-state index is 13.1. The highest BCUT2D eigenvalue weighted by Crippen LogP contribution is 2.34. The van der Waals surface area contributed by atoms with E-state index in [1.54, 1.807) is 12.4 Å². The second kappa shape index (κ2) is 9.28. The van der Waals surface area contributed by atoms with E-state index in [1.807, 2.05) is 6.07 Å². The zero-order valence-corrected chi connectivity index (χ0v) is 18.7. The zero-order valence-electron chi connectivity index (χ0n) is 17.1. The molecule has 10 nitrogen and oxygen atoms in total. The molecule has 0 bridgehead atoms. The van der Waals surface area contributed by atoms with Gasteiger partial charge in [-0.05, 0) is 31.7 Å². The Morgan fingerprint density at radius 2 is 2.00 bits per heavy atom. The lowest BCUT2D eigenvalue weighted by Gasteiger charge is -2.27. The lowest BCUT2D eigenvalue weighted by Crippen LogP contribution is -2.36. The number of rotatable bonds is 6. The predicted molar refractivity (Wildman–Crippen MR) is 124 cm³/mol. The molecule has 12 heteroatoms. The first kappa shape index (κ1) is 22.9. The highest BCUT2D eigenvalue weighted by Gasteiger charge is 2.41. The molecule has 0 aromatic carbocycles. The maximum Gasteiger partial charge on any atom is 0.264 e. The number of thiazole rings is 1. The molecule has 0 radical (unpaired) electrons. The third-order valence-corrected chi connectivity index (χ3v) is 7.18. The molecule has 3 heterocycles. The van der Waals surface area contributed by atoms with E-state index in [1.165, 1.54) is 11.3 Å². The van der Waals surface area contributed by atoms with E-state index in [9.17, 15) is 20.1 Å². The molecule has 172 valence electrons. The van der Waals surface area contributed by atoms with Gasteiger partial charge in [-0.2, -0.15) is 4.98 Å². The molecule has 0 spiro atoms. The van der Waals surface area contributed by atoms with E-state index in [0.29, 0.717) is 22.9 Å². The fourth-order valence-electron chi connectivity index (χ4n) is 4.10. The van der Waals surface area contributed by atoms with Crippen molar-refractivity contribution in [1.29, 1.82) is 0 Å². The van der Waals surface area contributed by atoms with Crippen LogP contribution in [0.1, 0.15) is 25.7 Å². The Morgan fingerprint density at radius 3 is 2.66 bits per heavy atom. The first-order valence-electron chi connectivity index (χ1n) is 10.4. The first-order valence-corrected chi connectivity index (χ1v) is 11.2. The number of hydrogen-bond donors (Lipinski definition) is 6. The van der Waals surface area contributed by atoms with Gasteiger partial charge < -0.3 is 26.0 Å². The average molecular weight is 481 g/mol. The zero-order chi connectivity index (χ0) is 21.5. The summed E-state index contributed by atoms with van der Waals surface area (Å²) in [5.41, 5.74) is 0.605. The van der Waals surface area contributed by atoms with E-state index >= 15 is 0 Å². The number of H-pyrrole nitrogens is 1. The molecule has 2 fully saturated rings. The van der Waals surface area contributed by atoms with Gasteiger partial charge in [-0.1, -0.05) is 0 Å². The van der Waals surface area contributed by atoms with Crippen LogP contribution in [0.3, 0.4) is 0 Å². The van der Waals surface area contributed by atoms with Gasteiger partial charge >= 0.3 is 0 Å². The van der Waals surface area contributed by atoms with Crippen molar-refractivity contribution in [3.63, 3.8) is 0 Å². The molecule has 5 rings (SSSR count). The van der Waals surface area contributed by atoms with Gasteiger partial charge in [0.25, 0.3) is 5.56 Å². The molecule has 0 unspecified atom stereocenters. The number of fused-ring (bicyclic) bond motifs is 1. The Hall–Kier alpha value is -2.31. The van der Waals surface area contributed by atoms with Gasteiger partial charge in [0.15, 0.2) is 0 Å². The van der Waals surface area contributed by atoms with Crippen LogP contribution in [0.4, 0.5) is 11.8 Å². The largest absolute Gasteiger partial charge is 0.396 e. The molecule has 2 aliphatic carbocycles. The molecular formula is C20H25ClN6O4S. The fraction of sp³-hybridized carbons (Fsp3) is 0.500. The fourth-order valence-corrected chi connectivity index (χ4v) is 5.08. The topological polar surface area (TPSA) is 156 Å². The van der Waals surface area contributed by atoms with Gasteiger partial charge in [0.1, 0.15) is 28.0 Å². The van der Waals surface area contributed by atoms with Gasteiger partial charge in [0, 0.05) is 24.8 Å². The third kappa shape index (κ3) is 4.18. The number of hydrogen-bond acceptors (Lipinski definition) is 10. The van der Waals surface area contributed by atoms with E-state index in [2.05, 4.69) is 30.6 Å². The van der Waals surface area contributed by atoms with Crippen molar-refractivity contribution >= 4 is 45.7 Å². The first-order chi connectivity index (χ1) is 15.0. The Balaban J connectivity index is 0.00000245. The van der Waals surface area contributed by atoms with Gasteiger partial charge in [0.05, 0.1) is 23.0 Å². The molecule has 2 saturated carbocycles. The third-order valence-electron chi connectivity index (χ3n) is 6.13. The number of aliphatic hydroxyl groups is 3. The van der Waals surface area contributed by atoms with Crippen LogP contribution in [-0.4, -0.2) is 66.2 Å². The van der Waals surface area contributed by atoms with Crippen LogP contribution in [-0.2, 0) is 0 Å². The van der Waals surface area contributed by atoms with E-state index in [0.717, 1.165) is 24.0 Å². The molecular weight excluding hydrogens is 456 g/mol. The summed E-state index contributed by atoms with van der Waals surface area (Å²) in [5.74, 6) is 0.196. The highest BCUT2D eigenvalue weighted by molar-refractivity contribution is 7.21. The van der Waals surface area contributed by atoms with Crippen LogP contribution in [0.25, 0.3) is 20.8 Å². The SMILES string of the molecule is Cl.O=c1[nH]c(NC2CCC2)nc(N[C@@H]2C[C@H](CO)[C@@H](O)[C@H]2O)c1-c1nc2cnccc2s1. The molecule has 3 aromatic heterocycles. The van der Waals surface area contributed by atoms with Crippen LogP contribution in [0.2, 0.25) is 0 Å². The smallest absolute Gasteiger partial charge is 0.264 e. The van der Waals surface area contributed by atoms with Gasteiger partial charge in [-0.3, -0.25) is 14.8 Å². The monoisotopic (exact) mass is 480 g/mol. The van der Waals surface area contributed by atoms with E-state index in [-0.39, 0.29) is 42.0 Å². The van der Waals surface area contributed by atoms with E-state index in [4.69, 9.17) is 0 Å². The van der Waals surface area contributed by atoms with Crippen molar-refractivity contribution in [3.05, 3.63) is 28.8 Å². The average Bonchev–Trinajstić information content (AvgIpc) is 3.26. The molecule has 0 amide bonds. The summed E-state index contributed by atoms with van der Waals surface area (Å²) in [6, 6.07) is 1.54. The van der Waals surface area contributed by atoms with Crippen LogP contribution in [0, 0.1) is 5.92 Å². The number of aromatic nitrogens is 4. The number of nitrogens with one attached hydrogen (secondary N) is 3. The van der Waals surface area contributed by atoms with Crippen LogP contribution >= 0.6 is 23.7 Å². The summed E-state index contributed by atoms with van der Waals surface area (Å²) >= 11 is 1.36. The van der Waals surface area contributed by atoms with Gasteiger partial charge in [-0.25, -0.2) is 4.98 Å². The second-order valence-corrected chi connectivity index (χ2v) is 9.21. The molecule has 6 N–H and O–H groups in total. The van der Waals surface area contributed by atoms with Crippen molar-refractivity contribution in [2.45, 2.75) is 50.0 Å². The standard InChI is InChI=1S/C20H24N6O4S.ClH/c27-8-9-6-11(16(29)15(9)28)23-17-14(19-24-12-7-21-5-4-13(12)31-19)18(30)26-20(25-17)22-10-2-1-3-10;/h4-5,7,9-11,15-16,27-29H,1-3,6,8H2,(H3,22,23,25,26,30);1H/t9-,11-,15-,16+;/m1./s1. The Morgan fingerprint density at radius 1 is 1.19 bits per heavy atom. The molecule has 0 aliphatic heterocycles. The van der Waals surface area contributed by atoms with Crippen LogP contribution < -0.4 is 16.2 Å². The quantitative estimate of drug-likeness (QED) is 0.306. The maximum absolute atomic E-state index is 13.1. The lowest BCUT2D eigenvalue weighted by molar-refractivity contribution is 0.00446. The van der Waals surface area contributed by atoms with Crippen molar-refractivity contribution in [1.82, 2.24) is 19.9 Å². The summed E-state index contributed by atoms with van der Waals surface area (Å²) in [4.78, 5) is 29.1. The minimum absolute atomic E-state index is 0. The summed E-state index contributed by atoms with van der Waals surface area (Å²) < 4.78 is 0.892. The van der Waals surface area contributed by atoms with E-state index < -0.39 is 24.2 Å². The number of halogens is 1. The van der Waals surface area contributed by atoms with Crippen LogP contribution in [0.15, 0.2) is 23.3 Å². The summed E-state index contributed by atoms with van der Waals surface area (Å²) in [5, 5.41) is 37.0. The number of aromatic amines is 1. The Kier molecular flexibility index (Phi) is 6.63.